The molecule has 43 heavy (non-hydrogen) atoms. The molecular weight excluding hydrogens is 528 g/mol. The van der Waals surface area contributed by atoms with Crippen LogP contribution in [0.4, 0.5) is 0 Å². The summed E-state index contributed by atoms with van der Waals surface area (Å²) in [6.07, 6.45) is 17.0. The van der Waals surface area contributed by atoms with Crippen LogP contribution in [0.15, 0.2) is 35.5 Å². The summed E-state index contributed by atoms with van der Waals surface area (Å²) in [5.74, 6) is 2.89. The highest BCUT2D eigenvalue weighted by molar-refractivity contribution is 5.87. The lowest BCUT2D eigenvalue weighted by Gasteiger charge is -2.70. The second-order valence-electron chi connectivity index (χ2n) is 18.5. The summed E-state index contributed by atoms with van der Waals surface area (Å²) in [5, 5.41) is 22.9. The van der Waals surface area contributed by atoms with Gasteiger partial charge < -0.3 is 10.2 Å². The van der Waals surface area contributed by atoms with Crippen molar-refractivity contribution in [1.82, 2.24) is 0 Å². The molecule has 240 valence electrons. The topological polar surface area (TPSA) is 57.5 Å². The molecule has 0 aromatic carbocycles. The van der Waals surface area contributed by atoms with E-state index in [1.54, 1.807) is 5.57 Å². The summed E-state index contributed by atoms with van der Waals surface area (Å²) < 4.78 is 0. The fourth-order valence-electron chi connectivity index (χ4n) is 13.2. The van der Waals surface area contributed by atoms with Crippen molar-refractivity contribution in [2.45, 2.75) is 126 Å². The van der Waals surface area contributed by atoms with Crippen molar-refractivity contribution in [2.75, 3.05) is 0 Å². The monoisotopic (exact) mass is 590 g/mol. The van der Waals surface area contributed by atoms with Crippen LogP contribution in [0.5, 0.6) is 0 Å². The molecule has 0 heterocycles. The molecule has 0 saturated heterocycles. The smallest absolute Gasteiger partial charge is 0.140 e. The molecule has 0 bridgehead atoms. The lowest BCUT2D eigenvalue weighted by molar-refractivity contribution is -0.250. The van der Waals surface area contributed by atoms with Crippen LogP contribution in [0.1, 0.15) is 114 Å². The number of fused-ring (bicyclic) bond motifs is 4. The van der Waals surface area contributed by atoms with Crippen LogP contribution in [-0.4, -0.2) is 28.2 Å². The summed E-state index contributed by atoms with van der Waals surface area (Å²) in [7, 11) is 0. The van der Waals surface area contributed by atoms with E-state index < -0.39 is 17.6 Å². The van der Waals surface area contributed by atoms with Gasteiger partial charge in [0.2, 0.25) is 0 Å². The molecule has 0 spiro atoms. The van der Waals surface area contributed by atoms with Gasteiger partial charge in [-0.1, -0.05) is 92.2 Å². The van der Waals surface area contributed by atoms with Crippen LogP contribution in [0.2, 0.25) is 0 Å². The minimum atomic E-state index is -0.613. The number of rotatable bonds is 2. The van der Waals surface area contributed by atoms with E-state index in [1.807, 2.05) is 6.92 Å². The molecule has 0 aromatic rings. The van der Waals surface area contributed by atoms with Gasteiger partial charge in [-0.15, -0.1) is 0 Å². The Morgan fingerprint density at radius 3 is 2.35 bits per heavy atom. The van der Waals surface area contributed by atoms with E-state index in [0.29, 0.717) is 23.5 Å². The van der Waals surface area contributed by atoms with Crippen molar-refractivity contribution >= 4 is 5.78 Å². The van der Waals surface area contributed by atoms with E-state index in [-0.39, 0.29) is 51.8 Å². The number of carbonyl (C=O) groups is 1. The Kier molecular flexibility index (Phi) is 7.70. The second kappa shape index (κ2) is 10.4. The molecular formula is C40H62O3. The van der Waals surface area contributed by atoms with Gasteiger partial charge in [0.25, 0.3) is 0 Å². The first-order valence-corrected chi connectivity index (χ1v) is 17.9. The van der Waals surface area contributed by atoms with E-state index in [4.69, 9.17) is 0 Å². The SMILES string of the molecule is CC(O)C1C(C)CC2(C)CC3(C)CC4C(C5C=C6C=CCCC6CC5)C=C(C(C)(C)C)C(C)C4C(=O)C3C(C)C2(C)C1O. The Morgan fingerprint density at radius 2 is 1.70 bits per heavy atom. The third-order valence-corrected chi connectivity index (χ3v) is 15.0. The van der Waals surface area contributed by atoms with Crippen molar-refractivity contribution < 1.29 is 15.0 Å². The number of hydrogen-bond donors (Lipinski definition) is 2. The predicted octanol–water partition coefficient (Wildman–Crippen LogP) is 8.81. The highest BCUT2D eigenvalue weighted by atomic mass is 16.3. The van der Waals surface area contributed by atoms with E-state index in [1.165, 1.54) is 31.3 Å². The first-order valence-electron chi connectivity index (χ1n) is 17.9. The lowest BCUT2D eigenvalue weighted by atomic mass is 9.34. The second-order valence-corrected chi connectivity index (χ2v) is 18.5. The van der Waals surface area contributed by atoms with Gasteiger partial charge in [-0.25, -0.2) is 0 Å². The van der Waals surface area contributed by atoms with Gasteiger partial charge in [0, 0.05) is 23.2 Å². The number of Topliss-reactive ketones (excluding diaryl/α,β-unsaturated/α-hetero) is 1. The third-order valence-electron chi connectivity index (χ3n) is 15.0. The van der Waals surface area contributed by atoms with Crippen LogP contribution in [0, 0.1) is 80.8 Å². The maximum Gasteiger partial charge on any atom is 0.140 e. The van der Waals surface area contributed by atoms with Crippen molar-refractivity contribution in [3.63, 3.8) is 0 Å². The Balaban J connectivity index is 1.44. The molecule has 0 amide bonds. The van der Waals surface area contributed by atoms with Crippen LogP contribution >= 0.6 is 0 Å². The fourth-order valence-corrected chi connectivity index (χ4v) is 13.2. The van der Waals surface area contributed by atoms with Crippen molar-refractivity contribution in [2.24, 2.45) is 80.8 Å². The first kappa shape index (κ1) is 31.8. The summed E-state index contributed by atoms with van der Waals surface area (Å²) >= 11 is 0. The Hall–Kier alpha value is -1.19. The number of aliphatic hydroxyl groups excluding tert-OH is 2. The summed E-state index contributed by atoms with van der Waals surface area (Å²) in [4.78, 5) is 15.3. The summed E-state index contributed by atoms with van der Waals surface area (Å²) in [6.45, 7) is 22.9. The normalized spacial score (nSPS) is 52.2. The molecule has 3 nitrogen and oxygen atoms in total. The molecule has 2 N–H and O–H groups in total. The van der Waals surface area contributed by atoms with Gasteiger partial charge in [-0.05, 0) is 115 Å². The van der Waals surface area contributed by atoms with Gasteiger partial charge in [0.05, 0.1) is 12.2 Å². The predicted molar refractivity (Wildman–Crippen MR) is 176 cm³/mol. The fraction of sp³-hybridized carbons (Fsp3) is 0.825. The van der Waals surface area contributed by atoms with Crippen molar-refractivity contribution in [3.8, 4) is 0 Å². The van der Waals surface area contributed by atoms with Crippen LogP contribution < -0.4 is 0 Å². The van der Waals surface area contributed by atoms with E-state index in [0.717, 1.165) is 25.2 Å². The largest absolute Gasteiger partial charge is 0.393 e. The number of carbonyl (C=O) groups excluding carboxylic acids is 1. The van der Waals surface area contributed by atoms with Gasteiger partial charge in [0.15, 0.2) is 0 Å². The highest BCUT2D eigenvalue weighted by Gasteiger charge is 2.70. The zero-order chi connectivity index (χ0) is 31.4. The van der Waals surface area contributed by atoms with Gasteiger partial charge in [-0.2, -0.15) is 0 Å². The minimum Gasteiger partial charge on any atom is -0.393 e. The molecule has 15 atom stereocenters. The lowest BCUT2D eigenvalue weighted by Crippen LogP contribution is -2.70. The van der Waals surface area contributed by atoms with Crippen molar-refractivity contribution in [3.05, 3.63) is 35.5 Å². The highest BCUT2D eigenvalue weighted by Crippen LogP contribution is 2.72. The third kappa shape index (κ3) is 4.58. The van der Waals surface area contributed by atoms with Gasteiger partial charge >= 0.3 is 0 Å². The molecule has 3 fully saturated rings. The molecule has 6 rings (SSSR count). The van der Waals surface area contributed by atoms with Crippen LogP contribution in [0.25, 0.3) is 0 Å². The van der Waals surface area contributed by atoms with Crippen molar-refractivity contribution in [1.29, 1.82) is 0 Å². The summed E-state index contributed by atoms with van der Waals surface area (Å²) in [6, 6.07) is 0. The van der Waals surface area contributed by atoms with Gasteiger partial charge in [0.1, 0.15) is 5.78 Å². The molecule has 3 saturated carbocycles. The molecule has 15 unspecified atom stereocenters. The molecule has 0 aromatic heterocycles. The molecule has 0 radical (unpaired) electrons. The molecule has 6 aliphatic rings. The number of ketones is 1. The number of hydrogen-bond acceptors (Lipinski definition) is 3. The molecule has 6 aliphatic carbocycles. The minimum absolute atomic E-state index is 0.0294. The number of allylic oxidation sites excluding steroid dienone is 6. The Labute approximate surface area is 263 Å². The average molecular weight is 591 g/mol. The van der Waals surface area contributed by atoms with Crippen LogP contribution in [0.3, 0.4) is 0 Å². The molecule has 3 heteroatoms. The van der Waals surface area contributed by atoms with E-state index >= 15 is 4.79 Å². The standard InChI is InChI=1S/C40H62O3/c1-22-19-39(9)21-38(8)20-30-29(28-16-15-26-13-11-12-14-27(26)17-28)18-31(37(5,6)7)23(2)33(30)35(42)34(38)24(3)40(39,10)36(43)32(22)25(4)41/h12,14,17-18,22-26,28-30,32-34,36,41,43H,11,13,15-16,19-21H2,1-10H3. The van der Waals surface area contributed by atoms with Crippen LogP contribution in [-0.2, 0) is 4.79 Å². The average Bonchev–Trinajstić information content (AvgIpc) is 2.89. The zero-order valence-electron chi connectivity index (χ0n) is 29.0. The maximum atomic E-state index is 15.3. The van der Waals surface area contributed by atoms with Gasteiger partial charge in [-0.3, -0.25) is 4.79 Å². The first-order chi connectivity index (χ1) is 19.9. The van der Waals surface area contributed by atoms with E-state index in [2.05, 4.69) is 86.6 Å². The summed E-state index contributed by atoms with van der Waals surface area (Å²) in [5.41, 5.74) is 2.50. The Morgan fingerprint density at radius 1 is 1.00 bits per heavy atom. The zero-order valence-corrected chi connectivity index (χ0v) is 29.0. The Bertz CT molecular complexity index is 1220. The number of aliphatic hydroxyl groups is 2. The molecule has 0 aliphatic heterocycles. The van der Waals surface area contributed by atoms with E-state index in [9.17, 15) is 10.2 Å². The quantitative estimate of drug-likeness (QED) is 0.316. The maximum absolute atomic E-state index is 15.3.